The van der Waals surface area contributed by atoms with Gasteiger partial charge in [-0.05, 0) is 29.7 Å². The summed E-state index contributed by atoms with van der Waals surface area (Å²) in [5.74, 6) is 0.0106. The number of hydrogen-bond donors (Lipinski definition) is 2. The third-order valence-corrected chi connectivity index (χ3v) is 3.12. The van der Waals surface area contributed by atoms with E-state index in [0.717, 1.165) is 17.5 Å². The van der Waals surface area contributed by atoms with E-state index in [1.165, 1.54) is 0 Å². The van der Waals surface area contributed by atoms with E-state index < -0.39 is 0 Å². The zero-order chi connectivity index (χ0) is 14.2. The van der Waals surface area contributed by atoms with Crippen LogP contribution in [0.15, 0.2) is 54.9 Å². The normalized spacial score (nSPS) is 11.8. The van der Waals surface area contributed by atoms with Crippen molar-refractivity contribution in [3.05, 3.63) is 66.0 Å². The fourth-order valence-corrected chi connectivity index (χ4v) is 1.98. The van der Waals surface area contributed by atoms with Crippen molar-refractivity contribution in [3.8, 4) is 0 Å². The predicted molar refractivity (Wildman–Crippen MR) is 78.9 cm³/mol. The average Bonchev–Trinajstić information content (AvgIpc) is 2.49. The monoisotopic (exact) mass is 269 g/mol. The molecule has 0 saturated carbocycles. The van der Waals surface area contributed by atoms with Crippen LogP contribution < -0.4 is 11.1 Å². The summed E-state index contributed by atoms with van der Waals surface area (Å²) >= 11 is 0. The molecule has 0 saturated heterocycles. The summed E-state index contributed by atoms with van der Waals surface area (Å²) in [6.07, 6.45) is 4.48. The Bertz CT molecular complexity index is 528. The zero-order valence-electron chi connectivity index (χ0n) is 11.3. The third kappa shape index (κ3) is 4.48. The molecule has 2 rings (SSSR count). The number of nitrogens with two attached hydrogens (primary N) is 1. The quantitative estimate of drug-likeness (QED) is 0.840. The van der Waals surface area contributed by atoms with Crippen molar-refractivity contribution in [1.29, 1.82) is 0 Å². The van der Waals surface area contributed by atoms with Crippen molar-refractivity contribution in [2.75, 3.05) is 6.54 Å². The van der Waals surface area contributed by atoms with Crippen molar-refractivity contribution in [2.45, 2.75) is 18.9 Å². The Morgan fingerprint density at radius 1 is 1.15 bits per heavy atom. The van der Waals surface area contributed by atoms with Gasteiger partial charge in [0.05, 0.1) is 6.42 Å². The smallest absolute Gasteiger partial charge is 0.224 e. The van der Waals surface area contributed by atoms with Gasteiger partial charge in [0.2, 0.25) is 5.91 Å². The number of carbonyl (C=O) groups is 1. The Kier molecular flexibility index (Phi) is 5.26. The van der Waals surface area contributed by atoms with Crippen molar-refractivity contribution < 1.29 is 4.79 Å². The highest BCUT2D eigenvalue weighted by Crippen LogP contribution is 2.12. The van der Waals surface area contributed by atoms with Gasteiger partial charge in [0.25, 0.3) is 0 Å². The second kappa shape index (κ2) is 7.40. The Balaban J connectivity index is 1.72. The molecule has 0 aliphatic heterocycles. The van der Waals surface area contributed by atoms with E-state index >= 15 is 0 Å². The van der Waals surface area contributed by atoms with Gasteiger partial charge in [-0.25, -0.2) is 0 Å². The number of aromatic nitrogens is 1. The van der Waals surface area contributed by atoms with Gasteiger partial charge in [-0.1, -0.05) is 30.3 Å². The van der Waals surface area contributed by atoms with Crippen molar-refractivity contribution in [1.82, 2.24) is 10.3 Å². The lowest BCUT2D eigenvalue weighted by Gasteiger charge is -2.12. The number of carbonyl (C=O) groups excluding carboxylic acids is 1. The lowest BCUT2D eigenvalue weighted by molar-refractivity contribution is -0.120. The van der Waals surface area contributed by atoms with Crippen LogP contribution in [0.2, 0.25) is 0 Å². The number of benzene rings is 1. The molecule has 1 unspecified atom stereocenters. The number of amides is 1. The predicted octanol–water partition coefficient (Wildman–Crippen LogP) is 1.83. The second-order valence-electron chi connectivity index (χ2n) is 4.69. The summed E-state index contributed by atoms with van der Waals surface area (Å²) in [5.41, 5.74) is 8.13. The van der Waals surface area contributed by atoms with E-state index in [2.05, 4.69) is 10.3 Å². The first-order chi connectivity index (χ1) is 9.75. The Labute approximate surface area is 119 Å². The van der Waals surface area contributed by atoms with E-state index in [0.29, 0.717) is 13.0 Å². The maximum absolute atomic E-state index is 11.8. The summed E-state index contributed by atoms with van der Waals surface area (Å²) in [6, 6.07) is 13.6. The highest BCUT2D eigenvalue weighted by Gasteiger charge is 2.07. The molecule has 1 aromatic carbocycles. The van der Waals surface area contributed by atoms with Gasteiger partial charge in [0.1, 0.15) is 0 Å². The van der Waals surface area contributed by atoms with E-state index in [9.17, 15) is 4.79 Å². The minimum Gasteiger partial charge on any atom is -0.356 e. The fraction of sp³-hybridized carbons (Fsp3) is 0.250. The molecule has 20 heavy (non-hydrogen) atoms. The number of pyridine rings is 1. The van der Waals surface area contributed by atoms with E-state index in [-0.39, 0.29) is 11.9 Å². The van der Waals surface area contributed by atoms with Crippen LogP contribution in [-0.4, -0.2) is 17.4 Å². The van der Waals surface area contributed by atoms with Gasteiger partial charge in [-0.3, -0.25) is 9.78 Å². The highest BCUT2D eigenvalue weighted by molar-refractivity contribution is 5.78. The first-order valence-corrected chi connectivity index (χ1v) is 6.72. The lowest BCUT2D eigenvalue weighted by Crippen LogP contribution is -2.28. The van der Waals surface area contributed by atoms with Gasteiger partial charge in [-0.2, -0.15) is 0 Å². The molecule has 0 radical (unpaired) electrons. The van der Waals surface area contributed by atoms with Gasteiger partial charge < -0.3 is 11.1 Å². The van der Waals surface area contributed by atoms with Crippen LogP contribution in [0.25, 0.3) is 0 Å². The lowest BCUT2D eigenvalue weighted by atomic mass is 10.1. The SMILES string of the molecule is NC(CCNC(=O)Cc1ccncc1)c1ccccc1. The van der Waals surface area contributed by atoms with Gasteiger partial charge in [-0.15, -0.1) is 0 Å². The van der Waals surface area contributed by atoms with Gasteiger partial charge in [0.15, 0.2) is 0 Å². The highest BCUT2D eigenvalue weighted by atomic mass is 16.1. The standard InChI is InChI=1S/C16H19N3O/c17-15(14-4-2-1-3-5-14)8-11-19-16(20)12-13-6-9-18-10-7-13/h1-7,9-10,15H,8,11-12,17H2,(H,19,20). The zero-order valence-corrected chi connectivity index (χ0v) is 11.3. The Morgan fingerprint density at radius 3 is 2.55 bits per heavy atom. The van der Waals surface area contributed by atoms with Crippen LogP contribution in [0.5, 0.6) is 0 Å². The van der Waals surface area contributed by atoms with Crippen molar-refractivity contribution in [2.24, 2.45) is 5.73 Å². The molecule has 0 bridgehead atoms. The van der Waals surface area contributed by atoms with Crippen LogP contribution in [-0.2, 0) is 11.2 Å². The molecular formula is C16H19N3O. The van der Waals surface area contributed by atoms with Gasteiger partial charge in [0, 0.05) is 25.0 Å². The summed E-state index contributed by atoms with van der Waals surface area (Å²) in [5, 5.41) is 2.89. The molecule has 0 aliphatic rings. The molecule has 4 nitrogen and oxygen atoms in total. The average molecular weight is 269 g/mol. The minimum atomic E-state index is -0.0441. The molecule has 0 aliphatic carbocycles. The fourth-order valence-electron chi connectivity index (χ4n) is 1.98. The van der Waals surface area contributed by atoms with Crippen LogP contribution in [0.3, 0.4) is 0 Å². The van der Waals surface area contributed by atoms with E-state index in [1.807, 2.05) is 42.5 Å². The van der Waals surface area contributed by atoms with E-state index in [1.54, 1.807) is 12.4 Å². The first kappa shape index (κ1) is 14.2. The van der Waals surface area contributed by atoms with Gasteiger partial charge >= 0.3 is 0 Å². The molecule has 1 amide bonds. The maximum atomic E-state index is 11.8. The summed E-state index contributed by atoms with van der Waals surface area (Å²) in [6.45, 7) is 0.583. The number of hydrogen-bond acceptors (Lipinski definition) is 3. The topological polar surface area (TPSA) is 68.0 Å². The summed E-state index contributed by atoms with van der Waals surface area (Å²) in [4.78, 5) is 15.7. The molecule has 4 heteroatoms. The summed E-state index contributed by atoms with van der Waals surface area (Å²) in [7, 11) is 0. The number of nitrogens with zero attached hydrogens (tertiary/aromatic N) is 1. The number of nitrogens with one attached hydrogen (secondary N) is 1. The molecular weight excluding hydrogens is 250 g/mol. The van der Waals surface area contributed by atoms with Crippen LogP contribution in [0.1, 0.15) is 23.6 Å². The molecule has 1 atom stereocenters. The molecule has 1 heterocycles. The van der Waals surface area contributed by atoms with E-state index in [4.69, 9.17) is 5.73 Å². The summed E-state index contributed by atoms with van der Waals surface area (Å²) < 4.78 is 0. The molecule has 1 aromatic heterocycles. The Morgan fingerprint density at radius 2 is 1.85 bits per heavy atom. The van der Waals surface area contributed by atoms with Crippen LogP contribution >= 0.6 is 0 Å². The largest absolute Gasteiger partial charge is 0.356 e. The van der Waals surface area contributed by atoms with Crippen LogP contribution in [0, 0.1) is 0 Å². The van der Waals surface area contributed by atoms with Crippen LogP contribution in [0.4, 0.5) is 0 Å². The molecule has 2 aromatic rings. The second-order valence-corrected chi connectivity index (χ2v) is 4.69. The third-order valence-electron chi connectivity index (χ3n) is 3.12. The minimum absolute atomic E-state index is 0.0106. The molecule has 0 spiro atoms. The molecule has 3 N–H and O–H groups in total. The van der Waals surface area contributed by atoms with Crippen molar-refractivity contribution >= 4 is 5.91 Å². The molecule has 0 fully saturated rings. The first-order valence-electron chi connectivity index (χ1n) is 6.72. The Hall–Kier alpha value is -2.20. The maximum Gasteiger partial charge on any atom is 0.224 e. The van der Waals surface area contributed by atoms with Crippen molar-refractivity contribution in [3.63, 3.8) is 0 Å². The molecule has 104 valence electrons. The number of rotatable bonds is 6.